The molecular formula is C53H105NO5. The van der Waals surface area contributed by atoms with Gasteiger partial charge in [-0.3, -0.25) is 9.59 Å². The molecule has 0 aromatic carbocycles. The third-order valence-corrected chi connectivity index (χ3v) is 12.7. The number of esters is 1. The summed E-state index contributed by atoms with van der Waals surface area (Å²) in [6, 6.07) is -0.556. The second kappa shape index (κ2) is 49.5. The van der Waals surface area contributed by atoms with Crippen molar-refractivity contribution in [1.29, 1.82) is 0 Å². The van der Waals surface area contributed by atoms with Crippen molar-refractivity contribution in [2.24, 2.45) is 0 Å². The highest BCUT2D eigenvalue weighted by atomic mass is 16.5. The maximum atomic E-state index is 12.5. The van der Waals surface area contributed by atoms with E-state index in [1.165, 1.54) is 212 Å². The summed E-state index contributed by atoms with van der Waals surface area (Å²) in [5, 5.41) is 23.3. The molecule has 0 aliphatic rings. The molecule has 0 aliphatic heterocycles. The van der Waals surface area contributed by atoms with E-state index in [2.05, 4.69) is 19.2 Å². The normalized spacial score (nSPS) is 12.5. The highest BCUT2D eigenvalue weighted by Crippen LogP contribution is 2.17. The Bertz CT molecular complexity index is 837. The van der Waals surface area contributed by atoms with Crippen LogP contribution in [-0.4, -0.2) is 47.4 Å². The van der Waals surface area contributed by atoms with E-state index < -0.39 is 12.1 Å². The highest BCUT2D eigenvalue weighted by Gasteiger charge is 2.20. The minimum atomic E-state index is -0.677. The maximum absolute atomic E-state index is 12.5. The van der Waals surface area contributed by atoms with Gasteiger partial charge in [-0.2, -0.15) is 0 Å². The summed E-state index contributed by atoms with van der Waals surface area (Å²) in [5.41, 5.74) is 0. The summed E-state index contributed by atoms with van der Waals surface area (Å²) < 4.78 is 5.46. The molecule has 0 aromatic heterocycles. The van der Waals surface area contributed by atoms with Crippen LogP contribution in [0.4, 0.5) is 0 Å². The number of nitrogens with one attached hydrogen (secondary N) is 1. The molecule has 3 N–H and O–H groups in total. The second-order valence-electron chi connectivity index (χ2n) is 18.6. The van der Waals surface area contributed by atoms with Crippen LogP contribution in [0.15, 0.2) is 0 Å². The molecule has 0 spiro atoms. The number of ether oxygens (including phenoxy) is 1. The lowest BCUT2D eigenvalue weighted by atomic mass is 10.0. The Labute approximate surface area is 368 Å². The zero-order valence-electron chi connectivity index (χ0n) is 40.0. The third-order valence-electron chi connectivity index (χ3n) is 12.7. The molecule has 352 valence electrons. The van der Waals surface area contributed by atoms with Crippen LogP contribution in [0, 0.1) is 0 Å². The van der Waals surface area contributed by atoms with E-state index in [0.29, 0.717) is 25.9 Å². The van der Waals surface area contributed by atoms with Crippen LogP contribution in [0.1, 0.15) is 303 Å². The number of carbonyl (C=O) groups excluding carboxylic acids is 2. The molecule has 0 aromatic rings. The Morgan fingerprint density at radius 1 is 0.407 bits per heavy atom. The molecule has 1 amide bonds. The Hall–Kier alpha value is -1.14. The fraction of sp³-hybridized carbons (Fsp3) is 0.962. The summed E-state index contributed by atoms with van der Waals surface area (Å²) in [6.07, 6.45) is 55.0. The van der Waals surface area contributed by atoms with E-state index in [1.807, 2.05) is 0 Å². The van der Waals surface area contributed by atoms with Gasteiger partial charge >= 0.3 is 5.97 Å². The van der Waals surface area contributed by atoms with Crippen LogP contribution in [0.2, 0.25) is 0 Å². The first kappa shape index (κ1) is 57.9. The lowest BCUT2D eigenvalue weighted by molar-refractivity contribution is -0.143. The van der Waals surface area contributed by atoms with Gasteiger partial charge in [0.15, 0.2) is 0 Å². The molecule has 6 nitrogen and oxygen atoms in total. The maximum Gasteiger partial charge on any atom is 0.305 e. The smallest absolute Gasteiger partial charge is 0.305 e. The Balaban J connectivity index is 3.46. The van der Waals surface area contributed by atoms with Gasteiger partial charge in [0.2, 0.25) is 5.91 Å². The van der Waals surface area contributed by atoms with Crippen molar-refractivity contribution >= 4 is 11.9 Å². The zero-order chi connectivity index (χ0) is 43.0. The monoisotopic (exact) mass is 836 g/mol. The number of aliphatic hydroxyl groups excluding tert-OH is 2. The van der Waals surface area contributed by atoms with E-state index in [4.69, 9.17) is 4.74 Å². The quantitative estimate of drug-likeness (QED) is 0.0419. The second-order valence-corrected chi connectivity index (χ2v) is 18.6. The van der Waals surface area contributed by atoms with Crippen LogP contribution in [0.25, 0.3) is 0 Å². The average molecular weight is 836 g/mol. The standard InChI is InChI=1S/C53H105NO5/c1-3-5-7-9-11-13-15-17-19-20-21-22-23-25-29-33-37-41-45-51(56)50(49-55)54-52(57)46-42-38-34-30-27-28-32-36-40-44-48-59-53(58)47-43-39-35-31-26-24-18-16-14-12-10-8-6-4-2/h50-51,55-56H,3-49H2,1-2H3,(H,54,57). The largest absolute Gasteiger partial charge is 0.466 e. The van der Waals surface area contributed by atoms with Crippen molar-refractivity contribution in [2.45, 2.75) is 315 Å². The van der Waals surface area contributed by atoms with Crippen LogP contribution in [-0.2, 0) is 14.3 Å². The molecule has 0 saturated carbocycles. The van der Waals surface area contributed by atoms with E-state index in [9.17, 15) is 19.8 Å². The van der Waals surface area contributed by atoms with Crippen molar-refractivity contribution in [3.63, 3.8) is 0 Å². The van der Waals surface area contributed by atoms with Crippen molar-refractivity contribution in [3.05, 3.63) is 0 Å². The van der Waals surface area contributed by atoms with E-state index in [1.54, 1.807) is 0 Å². The predicted molar refractivity (Wildman–Crippen MR) is 255 cm³/mol. The first-order valence-corrected chi connectivity index (χ1v) is 26.8. The SMILES string of the molecule is CCCCCCCCCCCCCCCCCCCCC(O)C(CO)NC(=O)CCCCCCCCCCCCOC(=O)CCCCCCCCCCCCCCCC. The number of unbranched alkanes of at least 4 members (excludes halogenated alkanes) is 39. The van der Waals surface area contributed by atoms with Crippen LogP contribution >= 0.6 is 0 Å². The van der Waals surface area contributed by atoms with Crippen LogP contribution in [0.3, 0.4) is 0 Å². The van der Waals surface area contributed by atoms with Crippen molar-refractivity contribution < 1.29 is 24.5 Å². The first-order valence-electron chi connectivity index (χ1n) is 26.8. The molecular weight excluding hydrogens is 731 g/mol. The number of carbonyl (C=O) groups is 2. The average Bonchev–Trinajstić information content (AvgIpc) is 3.24. The topological polar surface area (TPSA) is 95.9 Å². The summed E-state index contributed by atoms with van der Waals surface area (Å²) in [6.45, 7) is 4.92. The fourth-order valence-electron chi connectivity index (χ4n) is 8.52. The van der Waals surface area contributed by atoms with Gasteiger partial charge in [0.05, 0.1) is 25.4 Å². The molecule has 0 aliphatic carbocycles. The van der Waals surface area contributed by atoms with Crippen LogP contribution in [0.5, 0.6) is 0 Å². The molecule has 2 atom stereocenters. The molecule has 0 saturated heterocycles. The minimum Gasteiger partial charge on any atom is -0.466 e. The first-order chi connectivity index (χ1) is 29.0. The summed E-state index contributed by atoms with van der Waals surface area (Å²) in [4.78, 5) is 24.5. The molecule has 0 radical (unpaired) electrons. The summed E-state index contributed by atoms with van der Waals surface area (Å²) in [5.74, 6) is -0.0698. The molecule has 2 unspecified atom stereocenters. The van der Waals surface area contributed by atoms with Gasteiger partial charge in [0, 0.05) is 12.8 Å². The summed E-state index contributed by atoms with van der Waals surface area (Å²) in [7, 11) is 0. The fourth-order valence-corrected chi connectivity index (χ4v) is 8.52. The zero-order valence-corrected chi connectivity index (χ0v) is 40.0. The van der Waals surface area contributed by atoms with E-state index in [-0.39, 0.29) is 18.5 Å². The van der Waals surface area contributed by atoms with Crippen LogP contribution < -0.4 is 5.32 Å². The molecule has 0 fully saturated rings. The molecule has 0 rings (SSSR count). The molecule has 59 heavy (non-hydrogen) atoms. The lowest BCUT2D eigenvalue weighted by Gasteiger charge is -2.22. The Morgan fingerprint density at radius 2 is 0.695 bits per heavy atom. The van der Waals surface area contributed by atoms with Gasteiger partial charge in [-0.25, -0.2) is 0 Å². The minimum absolute atomic E-state index is 0.0155. The Morgan fingerprint density at radius 3 is 1.03 bits per heavy atom. The molecule has 0 heterocycles. The van der Waals surface area contributed by atoms with Gasteiger partial charge in [-0.05, 0) is 25.7 Å². The van der Waals surface area contributed by atoms with E-state index in [0.717, 1.165) is 57.8 Å². The van der Waals surface area contributed by atoms with Gasteiger partial charge in [0.1, 0.15) is 0 Å². The lowest BCUT2D eigenvalue weighted by Crippen LogP contribution is -2.45. The number of aliphatic hydroxyl groups is 2. The van der Waals surface area contributed by atoms with Gasteiger partial charge in [0.25, 0.3) is 0 Å². The van der Waals surface area contributed by atoms with Gasteiger partial charge in [-0.1, -0.05) is 264 Å². The van der Waals surface area contributed by atoms with Gasteiger partial charge in [-0.15, -0.1) is 0 Å². The number of hydrogen-bond donors (Lipinski definition) is 3. The number of amides is 1. The van der Waals surface area contributed by atoms with E-state index >= 15 is 0 Å². The summed E-state index contributed by atoms with van der Waals surface area (Å²) >= 11 is 0. The van der Waals surface area contributed by atoms with Crippen molar-refractivity contribution in [2.75, 3.05) is 13.2 Å². The number of rotatable bonds is 50. The molecule has 0 bridgehead atoms. The highest BCUT2D eigenvalue weighted by molar-refractivity contribution is 5.76. The molecule has 6 heteroatoms. The Kier molecular flexibility index (Phi) is 48.6. The third kappa shape index (κ3) is 46.2. The number of hydrogen-bond acceptors (Lipinski definition) is 5. The van der Waals surface area contributed by atoms with Crippen molar-refractivity contribution in [1.82, 2.24) is 5.32 Å². The van der Waals surface area contributed by atoms with Gasteiger partial charge < -0.3 is 20.3 Å². The predicted octanol–water partition coefficient (Wildman–Crippen LogP) is 16.0. The van der Waals surface area contributed by atoms with Crippen molar-refractivity contribution in [3.8, 4) is 0 Å².